The molecule has 1 fully saturated rings. The van der Waals surface area contributed by atoms with Gasteiger partial charge in [0.05, 0.1) is 17.3 Å². The molecule has 8 nitrogen and oxygen atoms in total. The van der Waals surface area contributed by atoms with Crippen LogP contribution >= 0.6 is 0 Å². The van der Waals surface area contributed by atoms with Gasteiger partial charge in [-0.3, -0.25) is 0 Å². The number of ether oxygens (including phenoxy) is 1. The third-order valence-electron chi connectivity index (χ3n) is 3.99. The zero-order chi connectivity index (χ0) is 18.3. The highest BCUT2D eigenvalue weighted by molar-refractivity contribution is 7.90. The van der Waals surface area contributed by atoms with Gasteiger partial charge < -0.3 is 10.1 Å². The molecule has 0 atom stereocenters. The second-order valence-electron chi connectivity index (χ2n) is 5.67. The van der Waals surface area contributed by atoms with Gasteiger partial charge >= 0.3 is 0 Å². The van der Waals surface area contributed by atoms with E-state index >= 15 is 0 Å². The van der Waals surface area contributed by atoms with Gasteiger partial charge in [0.25, 0.3) is 0 Å². The summed E-state index contributed by atoms with van der Waals surface area (Å²) < 4.78 is 58.1. The number of nitrogens with zero attached hydrogens (tertiary/aromatic N) is 2. The number of nitrogens with one attached hydrogen (secondary N) is 1. The van der Waals surface area contributed by atoms with Crippen molar-refractivity contribution in [2.45, 2.75) is 4.90 Å². The Bertz CT molecular complexity index is 732. The molecule has 0 unspecified atom stereocenters. The Morgan fingerprint density at radius 1 is 1.08 bits per heavy atom. The van der Waals surface area contributed by atoms with Gasteiger partial charge in [-0.1, -0.05) is 18.2 Å². The van der Waals surface area contributed by atoms with E-state index in [1.165, 1.54) is 27.9 Å². The average molecular weight is 392 g/mol. The first-order valence-electron chi connectivity index (χ1n) is 8.10. The molecule has 1 saturated heterocycles. The average Bonchev–Trinajstić information content (AvgIpc) is 2.63. The summed E-state index contributed by atoms with van der Waals surface area (Å²) in [6.45, 7) is 2.22. The van der Waals surface area contributed by atoms with Crippen molar-refractivity contribution in [3.8, 4) is 0 Å². The Kier molecular flexibility index (Phi) is 7.35. The third-order valence-corrected chi connectivity index (χ3v) is 7.76. The Balaban J connectivity index is 2.12. The Morgan fingerprint density at radius 3 is 2.32 bits per heavy atom. The number of rotatable bonds is 9. The van der Waals surface area contributed by atoms with Crippen LogP contribution in [-0.2, 0) is 24.8 Å². The lowest BCUT2D eigenvalue weighted by atomic mass is 10.4. The van der Waals surface area contributed by atoms with Crippen molar-refractivity contribution in [3.63, 3.8) is 0 Å². The fraction of sp³-hybridized carbons (Fsp3) is 0.600. The summed E-state index contributed by atoms with van der Waals surface area (Å²) in [5, 5.41) is 3.10. The van der Waals surface area contributed by atoms with Crippen molar-refractivity contribution < 1.29 is 21.6 Å². The standard InChI is InChI=1S/C15H25N3O5S2/c1-23-13-11-18(25(21,22)15-5-3-2-4-6-15)12-14-24(19,20)17-9-7-16-8-10-17/h2-6,16H,7-14H2,1H3. The van der Waals surface area contributed by atoms with Gasteiger partial charge in [0.2, 0.25) is 20.0 Å². The van der Waals surface area contributed by atoms with Crippen molar-refractivity contribution in [3.05, 3.63) is 30.3 Å². The summed E-state index contributed by atoms with van der Waals surface area (Å²) >= 11 is 0. The summed E-state index contributed by atoms with van der Waals surface area (Å²) in [5.41, 5.74) is 0. The van der Waals surface area contributed by atoms with Gasteiger partial charge in [-0.25, -0.2) is 16.8 Å². The van der Waals surface area contributed by atoms with E-state index in [1.807, 2.05) is 0 Å². The van der Waals surface area contributed by atoms with Gasteiger partial charge in [0.1, 0.15) is 0 Å². The zero-order valence-electron chi connectivity index (χ0n) is 14.3. The molecule has 1 N–H and O–H groups in total. The molecule has 1 aliphatic rings. The van der Waals surface area contributed by atoms with Crippen LogP contribution in [0.25, 0.3) is 0 Å². The molecule has 1 aliphatic heterocycles. The van der Waals surface area contributed by atoms with Crippen molar-refractivity contribution >= 4 is 20.0 Å². The van der Waals surface area contributed by atoms with Crippen LogP contribution < -0.4 is 5.32 Å². The lowest BCUT2D eigenvalue weighted by Gasteiger charge is -2.28. The molecule has 10 heteroatoms. The topological polar surface area (TPSA) is 96.0 Å². The maximum Gasteiger partial charge on any atom is 0.243 e. The first-order chi connectivity index (χ1) is 11.9. The summed E-state index contributed by atoms with van der Waals surface area (Å²) in [4.78, 5) is 0.144. The normalized spacial score (nSPS) is 17.0. The quantitative estimate of drug-likeness (QED) is 0.613. The van der Waals surface area contributed by atoms with Gasteiger partial charge in [-0.15, -0.1) is 0 Å². The molecule has 0 aliphatic carbocycles. The molecule has 142 valence electrons. The van der Waals surface area contributed by atoms with E-state index in [0.29, 0.717) is 26.2 Å². The zero-order valence-corrected chi connectivity index (χ0v) is 15.9. The lowest BCUT2D eigenvalue weighted by Crippen LogP contribution is -2.48. The van der Waals surface area contributed by atoms with E-state index in [1.54, 1.807) is 18.2 Å². The molecular formula is C15H25N3O5S2. The number of hydrogen-bond donors (Lipinski definition) is 1. The van der Waals surface area contributed by atoms with Crippen LogP contribution in [0.4, 0.5) is 0 Å². The van der Waals surface area contributed by atoms with Gasteiger partial charge in [0.15, 0.2) is 0 Å². The van der Waals surface area contributed by atoms with Crippen LogP contribution in [0.2, 0.25) is 0 Å². The minimum Gasteiger partial charge on any atom is -0.383 e. The first-order valence-corrected chi connectivity index (χ1v) is 11.2. The maximum absolute atomic E-state index is 12.8. The molecule has 0 spiro atoms. The predicted octanol–water partition coefficient (Wildman–Crippen LogP) is -0.441. The van der Waals surface area contributed by atoms with E-state index < -0.39 is 20.0 Å². The monoisotopic (exact) mass is 391 g/mol. The molecule has 25 heavy (non-hydrogen) atoms. The lowest BCUT2D eigenvalue weighted by molar-refractivity contribution is 0.180. The van der Waals surface area contributed by atoms with Crippen molar-refractivity contribution in [2.75, 3.05) is 58.7 Å². The molecule has 0 radical (unpaired) electrons. The third kappa shape index (κ3) is 5.47. The predicted molar refractivity (Wildman–Crippen MR) is 95.3 cm³/mol. The maximum atomic E-state index is 12.8. The summed E-state index contributed by atoms with van der Waals surface area (Å²) in [5.74, 6) is -0.247. The van der Waals surface area contributed by atoms with Crippen LogP contribution in [0, 0.1) is 0 Å². The second kappa shape index (κ2) is 9.06. The van der Waals surface area contributed by atoms with Gasteiger partial charge in [-0.05, 0) is 12.1 Å². The van der Waals surface area contributed by atoms with Crippen LogP contribution in [0.15, 0.2) is 35.2 Å². The Morgan fingerprint density at radius 2 is 1.72 bits per heavy atom. The number of benzene rings is 1. The van der Waals surface area contributed by atoms with Crippen molar-refractivity contribution in [1.29, 1.82) is 0 Å². The number of piperazine rings is 1. The van der Waals surface area contributed by atoms with Crippen molar-refractivity contribution in [2.24, 2.45) is 0 Å². The van der Waals surface area contributed by atoms with Crippen LogP contribution in [0.3, 0.4) is 0 Å². The molecule has 0 aromatic heterocycles. The number of hydrogen-bond acceptors (Lipinski definition) is 6. The largest absolute Gasteiger partial charge is 0.383 e. The van der Waals surface area contributed by atoms with Crippen LogP contribution in [-0.4, -0.2) is 84.2 Å². The first kappa shape index (κ1) is 20.3. The molecule has 0 bridgehead atoms. The van der Waals surface area contributed by atoms with E-state index in [-0.39, 0.29) is 30.3 Å². The Hall–Kier alpha value is -1.04. The summed E-state index contributed by atoms with van der Waals surface area (Å²) in [6.07, 6.45) is 0. The highest BCUT2D eigenvalue weighted by Crippen LogP contribution is 2.15. The van der Waals surface area contributed by atoms with Gasteiger partial charge in [0, 0.05) is 46.4 Å². The Labute approximate surface area is 149 Å². The number of methoxy groups -OCH3 is 1. The van der Waals surface area contributed by atoms with Gasteiger partial charge in [-0.2, -0.15) is 8.61 Å². The summed E-state index contributed by atoms with van der Waals surface area (Å²) in [7, 11) is -5.79. The molecule has 1 aromatic carbocycles. The van der Waals surface area contributed by atoms with Crippen LogP contribution in [0.5, 0.6) is 0 Å². The molecular weight excluding hydrogens is 366 g/mol. The SMILES string of the molecule is COCCN(CCS(=O)(=O)N1CCNCC1)S(=O)(=O)c1ccccc1. The highest BCUT2D eigenvalue weighted by Gasteiger charge is 2.29. The van der Waals surface area contributed by atoms with E-state index in [0.717, 1.165) is 0 Å². The fourth-order valence-electron chi connectivity index (χ4n) is 2.56. The fourth-order valence-corrected chi connectivity index (χ4v) is 5.57. The van der Waals surface area contributed by atoms with E-state index in [9.17, 15) is 16.8 Å². The van der Waals surface area contributed by atoms with E-state index in [2.05, 4.69) is 5.32 Å². The molecule has 0 saturated carbocycles. The van der Waals surface area contributed by atoms with E-state index in [4.69, 9.17) is 4.74 Å². The molecule has 1 heterocycles. The highest BCUT2D eigenvalue weighted by atomic mass is 32.2. The minimum atomic E-state index is -3.77. The van der Waals surface area contributed by atoms with Crippen molar-refractivity contribution in [1.82, 2.24) is 13.9 Å². The molecule has 2 rings (SSSR count). The van der Waals surface area contributed by atoms with Crippen LogP contribution in [0.1, 0.15) is 0 Å². The number of sulfonamides is 2. The molecule has 0 amide bonds. The summed E-state index contributed by atoms with van der Waals surface area (Å²) in [6, 6.07) is 8.00. The second-order valence-corrected chi connectivity index (χ2v) is 9.70. The molecule has 1 aromatic rings. The minimum absolute atomic E-state index is 0.102. The smallest absolute Gasteiger partial charge is 0.243 e.